The van der Waals surface area contributed by atoms with Gasteiger partial charge in [-0.15, -0.1) is 0 Å². The molecular formula is C23H18N4O7. The topological polar surface area (TPSA) is 146 Å². The van der Waals surface area contributed by atoms with Crippen molar-refractivity contribution < 1.29 is 23.7 Å². The molecule has 0 unspecified atom stereocenters. The van der Waals surface area contributed by atoms with Gasteiger partial charge in [0.1, 0.15) is 12.3 Å². The molecule has 172 valence electrons. The van der Waals surface area contributed by atoms with Gasteiger partial charge in [0, 0.05) is 17.8 Å². The van der Waals surface area contributed by atoms with E-state index in [0.29, 0.717) is 11.4 Å². The zero-order valence-corrected chi connectivity index (χ0v) is 17.8. The lowest BCUT2D eigenvalue weighted by atomic mass is 10.1. The first-order valence-corrected chi connectivity index (χ1v) is 9.98. The Labute approximate surface area is 191 Å². The van der Waals surface area contributed by atoms with Crippen molar-refractivity contribution in [1.82, 2.24) is 4.57 Å². The fraction of sp³-hybridized carbons (Fsp3) is 0.0870. The third kappa shape index (κ3) is 4.63. The van der Waals surface area contributed by atoms with Crippen LogP contribution in [0.25, 0.3) is 11.1 Å². The molecule has 0 atom stereocenters. The fourth-order valence-corrected chi connectivity index (χ4v) is 3.34. The number of amides is 2. The number of nitro benzene ring substituents is 1. The number of aromatic nitrogens is 1. The van der Waals surface area contributed by atoms with E-state index in [-0.39, 0.29) is 28.0 Å². The summed E-state index contributed by atoms with van der Waals surface area (Å²) < 4.78 is 11.2. The average molecular weight is 462 g/mol. The molecule has 4 rings (SSSR count). The zero-order chi connectivity index (χ0) is 24.2. The maximum Gasteiger partial charge on any atom is 0.420 e. The summed E-state index contributed by atoms with van der Waals surface area (Å²) in [5, 5.41) is 16.3. The largest absolute Gasteiger partial charge is 0.497 e. The summed E-state index contributed by atoms with van der Waals surface area (Å²) >= 11 is 0. The van der Waals surface area contributed by atoms with E-state index in [1.165, 1.54) is 19.2 Å². The number of oxazole rings is 1. The second-order valence-corrected chi connectivity index (χ2v) is 7.14. The molecule has 1 heterocycles. The first-order valence-electron chi connectivity index (χ1n) is 9.98. The van der Waals surface area contributed by atoms with Crippen molar-refractivity contribution in [3.8, 4) is 5.75 Å². The molecule has 4 aromatic rings. The zero-order valence-electron chi connectivity index (χ0n) is 17.8. The Kier molecular flexibility index (Phi) is 6.08. The Morgan fingerprint density at radius 2 is 1.85 bits per heavy atom. The summed E-state index contributed by atoms with van der Waals surface area (Å²) in [5.41, 5.74) is 0.938. The van der Waals surface area contributed by atoms with E-state index >= 15 is 0 Å². The predicted molar refractivity (Wildman–Crippen MR) is 123 cm³/mol. The van der Waals surface area contributed by atoms with Crippen molar-refractivity contribution in [2.75, 3.05) is 17.7 Å². The number of nitrogens with zero attached hydrogens (tertiary/aromatic N) is 2. The van der Waals surface area contributed by atoms with Gasteiger partial charge < -0.3 is 19.8 Å². The highest BCUT2D eigenvalue weighted by Gasteiger charge is 2.18. The van der Waals surface area contributed by atoms with Crippen LogP contribution in [0.2, 0.25) is 0 Å². The lowest BCUT2D eigenvalue weighted by Crippen LogP contribution is -2.26. The van der Waals surface area contributed by atoms with Crippen LogP contribution in [0, 0.1) is 10.1 Å². The number of para-hydroxylation sites is 1. The number of carbonyl (C=O) groups is 2. The average Bonchev–Trinajstić information content (AvgIpc) is 3.13. The van der Waals surface area contributed by atoms with Gasteiger partial charge >= 0.3 is 5.76 Å². The molecule has 0 aliphatic carbocycles. The number of hydrogen-bond acceptors (Lipinski definition) is 7. The van der Waals surface area contributed by atoms with Crippen molar-refractivity contribution >= 4 is 40.0 Å². The van der Waals surface area contributed by atoms with Crippen molar-refractivity contribution in [2.24, 2.45) is 0 Å². The highest BCUT2D eigenvalue weighted by atomic mass is 16.6. The molecule has 11 heteroatoms. The Morgan fingerprint density at radius 3 is 2.62 bits per heavy atom. The summed E-state index contributed by atoms with van der Waals surface area (Å²) in [4.78, 5) is 48.0. The van der Waals surface area contributed by atoms with E-state index in [4.69, 9.17) is 9.15 Å². The minimum atomic E-state index is -0.838. The number of nitrogens with one attached hydrogen (secondary N) is 2. The van der Waals surface area contributed by atoms with Crippen LogP contribution >= 0.6 is 0 Å². The Hall–Kier alpha value is -4.93. The molecule has 0 saturated carbocycles. The van der Waals surface area contributed by atoms with Gasteiger partial charge in [0.25, 0.3) is 11.6 Å². The smallest absolute Gasteiger partial charge is 0.420 e. The molecule has 3 aromatic carbocycles. The third-order valence-electron chi connectivity index (χ3n) is 4.94. The molecule has 2 N–H and O–H groups in total. The maximum atomic E-state index is 12.8. The SMILES string of the molecule is COc1cccc(NC(=O)c2ccccc2NC(=O)Cn2c(=O)oc3cc([N+](=O)[O-])ccc32)c1. The molecule has 0 bridgehead atoms. The van der Waals surface area contributed by atoms with Crippen LogP contribution in [0.1, 0.15) is 10.4 Å². The molecule has 0 radical (unpaired) electrons. The minimum Gasteiger partial charge on any atom is -0.497 e. The van der Waals surface area contributed by atoms with Gasteiger partial charge in [-0.1, -0.05) is 18.2 Å². The number of nitro groups is 1. The van der Waals surface area contributed by atoms with E-state index in [1.807, 2.05) is 0 Å². The van der Waals surface area contributed by atoms with E-state index in [9.17, 15) is 24.5 Å². The quantitative estimate of drug-likeness (QED) is 0.316. The maximum absolute atomic E-state index is 12.8. The summed E-state index contributed by atoms with van der Waals surface area (Å²) in [5.74, 6) is -1.32. The molecule has 11 nitrogen and oxygen atoms in total. The highest BCUT2D eigenvalue weighted by Crippen LogP contribution is 2.22. The van der Waals surface area contributed by atoms with E-state index in [2.05, 4.69) is 10.6 Å². The van der Waals surface area contributed by atoms with Crippen LogP contribution < -0.4 is 21.1 Å². The van der Waals surface area contributed by atoms with Crippen LogP contribution in [-0.2, 0) is 11.3 Å². The van der Waals surface area contributed by atoms with Gasteiger partial charge in [-0.3, -0.25) is 24.3 Å². The molecule has 0 spiro atoms. The van der Waals surface area contributed by atoms with Crippen LogP contribution in [0.5, 0.6) is 5.75 Å². The van der Waals surface area contributed by atoms with Gasteiger partial charge in [0.15, 0.2) is 5.58 Å². The first kappa shape index (κ1) is 22.3. The number of non-ortho nitro benzene ring substituents is 1. The number of ether oxygens (including phenoxy) is 1. The number of anilines is 2. The van der Waals surface area contributed by atoms with Crippen LogP contribution in [0.15, 0.2) is 75.9 Å². The standard InChI is InChI=1S/C23H18N4O7/c1-33-16-6-4-5-14(11-16)24-22(29)17-7-2-3-8-18(17)25-21(28)13-26-19-10-9-15(27(31)32)12-20(19)34-23(26)30/h2-12H,13H2,1H3,(H,24,29)(H,25,28). The van der Waals surface area contributed by atoms with Crippen molar-refractivity contribution in [3.63, 3.8) is 0 Å². The second kappa shape index (κ2) is 9.28. The highest BCUT2D eigenvalue weighted by molar-refractivity contribution is 6.10. The van der Waals surface area contributed by atoms with Gasteiger partial charge in [0.05, 0.1) is 34.9 Å². The Balaban J connectivity index is 1.53. The Morgan fingerprint density at radius 1 is 1.06 bits per heavy atom. The van der Waals surface area contributed by atoms with Gasteiger partial charge in [-0.25, -0.2) is 4.79 Å². The first-order chi connectivity index (χ1) is 16.4. The summed E-state index contributed by atoms with van der Waals surface area (Å²) in [6.07, 6.45) is 0. The summed E-state index contributed by atoms with van der Waals surface area (Å²) in [6, 6.07) is 16.9. The fourth-order valence-electron chi connectivity index (χ4n) is 3.34. The lowest BCUT2D eigenvalue weighted by molar-refractivity contribution is -0.384. The number of hydrogen-bond donors (Lipinski definition) is 2. The molecule has 0 fully saturated rings. The van der Waals surface area contributed by atoms with Crippen LogP contribution in [0.3, 0.4) is 0 Å². The Bertz CT molecular complexity index is 1470. The number of carbonyl (C=O) groups excluding carboxylic acids is 2. The summed E-state index contributed by atoms with van der Waals surface area (Å²) in [7, 11) is 1.52. The third-order valence-corrected chi connectivity index (χ3v) is 4.94. The molecule has 0 saturated heterocycles. The second-order valence-electron chi connectivity index (χ2n) is 7.14. The van der Waals surface area contributed by atoms with Gasteiger partial charge in [0.2, 0.25) is 5.91 Å². The lowest BCUT2D eigenvalue weighted by Gasteiger charge is -2.12. The molecule has 2 amide bonds. The number of fused-ring (bicyclic) bond motifs is 1. The van der Waals surface area contributed by atoms with Crippen molar-refractivity contribution in [2.45, 2.75) is 6.54 Å². The van der Waals surface area contributed by atoms with E-state index < -0.39 is 29.0 Å². The summed E-state index contributed by atoms with van der Waals surface area (Å²) in [6.45, 7) is -0.421. The van der Waals surface area contributed by atoms with Crippen molar-refractivity contribution in [1.29, 1.82) is 0 Å². The van der Waals surface area contributed by atoms with Crippen molar-refractivity contribution in [3.05, 3.63) is 93.0 Å². The van der Waals surface area contributed by atoms with E-state index in [1.54, 1.807) is 48.5 Å². The van der Waals surface area contributed by atoms with Crippen LogP contribution in [-0.4, -0.2) is 28.4 Å². The predicted octanol–water partition coefficient (Wildman–Crippen LogP) is 3.40. The number of rotatable bonds is 7. The molecule has 34 heavy (non-hydrogen) atoms. The normalized spacial score (nSPS) is 10.6. The molecular weight excluding hydrogens is 444 g/mol. The van der Waals surface area contributed by atoms with Gasteiger partial charge in [-0.2, -0.15) is 0 Å². The minimum absolute atomic E-state index is 0.00920. The number of methoxy groups -OCH3 is 1. The molecule has 1 aromatic heterocycles. The van der Waals surface area contributed by atoms with Gasteiger partial charge in [-0.05, 0) is 30.3 Å². The van der Waals surface area contributed by atoms with Crippen LogP contribution in [0.4, 0.5) is 17.1 Å². The molecule has 0 aliphatic heterocycles. The monoisotopic (exact) mass is 462 g/mol. The molecule has 0 aliphatic rings. The van der Waals surface area contributed by atoms with E-state index in [0.717, 1.165) is 10.6 Å². The number of benzene rings is 3.